The van der Waals surface area contributed by atoms with E-state index in [0.29, 0.717) is 0 Å². The van der Waals surface area contributed by atoms with E-state index in [0.717, 1.165) is 32.1 Å². The number of carbonyl (C=O) groups excluding carboxylic acids is 3. The van der Waals surface area contributed by atoms with Crippen molar-refractivity contribution >= 4 is 17.8 Å². The van der Waals surface area contributed by atoms with Crippen LogP contribution in [0.15, 0.2) is 0 Å². The van der Waals surface area contributed by atoms with Crippen molar-refractivity contribution in [1.29, 1.82) is 0 Å². The Morgan fingerprint density at radius 1 is 1.04 bits per heavy atom. The van der Waals surface area contributed by atoms with Crippen LogP contribution in [0.5, 0.6) is 0 Å². The Morgan fingerprint density at radius 3 is 2.33 bits per heavy atom. The van der Waals surface area contributed by atoms with Gasteiger partial charge in [-0.05, 0) is 12.8 Å². The predicted octanol–water partition coefficient (Wildman–Crippen LogP) is -1.77. The summed E-state index contributed by atoms with van der Waals surface area (Å²) >= 11 is 0. The molecule has 10 nitrogen and oxygen atoms in total. The number of aliphatic hydroxyl groups is 3. The molecule has 4 unspecified atom stereocenters. The van der Waals surface area contributed by atoms with Crippen molar-refractivity contribution < 1.29 is 29.7 Å². The van der Waals surface area contributed by atoms with Gasteiger partial charge in [0.2, 0.25) is 5.91 Å². The number of rotatable bonds is 6. The minimum atomic E-state index is -1.97. The van der Waals surface area contributed by atoms with Gasteiger partial charge in [-0.25, -0.2) is 4.79 Å². The highest BCUT2D eigenvalue weighted by molar-refractivity contribution is 5.86. The van der Waals surface area contributed by atoms with Crippen LogP contribution in [-0.2, 0) is 9.59 Å². The number of primary amides is 1. The van der Waals surface area contributed by atoms with Gasteiger partial charge in [-0.3, -0.25) is 9.59 Å². The van der Waals surface area contributed by atoms with E-state index in [1.54, 1.807) is 0 Å². The average molecular weight is 386 g/mol. The highest BCUT2D eigenvalue weighted by Gasteiger charge is 2.49. The molecule has 0 aliphatic heterocycles. The van der Waals surface area contributed by atoms with Crippen molar-refractivity contribution in [2.75, 3.05) is 6.54 Å². The first-order valence-electron chi connectivity index (χ1n) is 9.43. The highest BCUT2D eigenvalue weighted by Crippen LogP contribution is 2.29. The summed E-state index contributed by atoms with van der Waals surface area (Å²) in [6.07, 6.45) is 1.59. The summed E-state index contributed by atoms with van der Waals surface area (Å²) in [4.78, 5) is 35.2. The van der Waals surface area contributed by atoms with Crippen LogP contribution in [0.25, 0.3) is 0 Å². The number of hydrogen-bond donors (Lipinski definition) is 7. The Hall–Kier alpha value is -1.91. The maximum Gasteiger partial charge on any atom is 0.315 e. The fraction of sp³-hybridized carbons (Fsp3) is 0.824. The topological polar surface area (TPSA) is 174 Å². The molecule has 154 valence electrons. The number of urea groups is 1. The molecule has 0 aromatic heterocycles. The van der Waals surface area contributed by atoms with Crippen LogP contribution < -0.4 is 21.7 Å². The Labute approximate surface area is 157 Å². The van der Waals surface area contributed by atoms with Crippen LogP contribution in [-0.4, -0.2) is 69.6 Å². The van der Waals surface area contributed by atoms with Gasteiger partial charge in [0.05, 0.1) is 12.1 Å². The number of hydrogen-bond acceptors (Lipinski definition) is 6. The van der Waals surface area contributed by atoms with Crippen molar-refractivity contribution in [3.05, 3.63) is 0 Å². The van der Waals surface area contributed by atoms with Gasteiger partial charge in [0.15, 0.2) is 0 Å². The highest BCUT2D eigenvalue weighted by atomic mass is 16.3. The second kappa shape index (κ2) is 9.34. The van der Waals surface area contributed by atoms with Gasteiger partial charge in [0.25, 0.3) is 5.91 Å². The van der Waals surface area contributed by atoms with Gasteiger partial charge in [0.1, 0.15) is 11.7 Å². The second-order valence-electron chi connectivity index (χ2n) is 7.53. The fourth-order valence-corrected chi connectivity index (χ4v) is 3.73. The van der Waals surface area contributed by atoms with E-state index < -0.39 is 41.7 Å². The largest absolute Gasteiger partial charge is 0.390 e. The van der Waals surface area contributed by atoms with Gasteiger partial charge < -0.3 is 37.0 Å². The third-order valence-electron chi connectivity index (χ3n) is 5.25. The Kier molecular flexibility index (Phi) is 7.40. The smallest absolute Gasteiger partial charge is 0.315 e. The van der Waals surface area contributed by atoms with E-state index in [-0.39, 0.29) is 31.8 Å². The van der Waals surface area contributed by atoms with Crippen LogP contribution in [0.2, 0.25) is 0 Å². The van der Waals surface area contributed by atoms with E-state index in [2.05, 4.69) is 16.0 Å². The predicted molar refractivity (Wildman–Crippen MR) is 95.3 cm³/mol. The van der Waals surface area contributed by atoms with Crippen molar-refractivity contribution in [2.45, 2.75) is 81.3 Å². The summed E-state index contributed by atoms with van der Waals surface area (Å²) in [5.74, 6) is -1.38. The molecule has 0 aromatic carbocycles. The van der Waals surface area contributed by atoms with Crippen LogP contribution in [0.3, 0.4) is 0 Å². The molecule has 10 heteroatoms. The quantitative estimate of drug-likeness (QED) is 0.284. The zero-order chi connectivity index (χ0) is 20.0. The molecular formula is C17H30N4O6. The summed E-state index contributed by atoms with van der Waals surface area (Å²) in [5, 5.41) is 38.6. The van der Waals surface area contributed by atoms with E-state index >= 15 is 0 Å². The van der Waals surface area contributed by atoms with E-state index in [1.165, 1.54) is 0 Å². The Bertz CT molecular complexity index is 554. The molecule has 2 saturated carbocycles. The summed E-state index contributed by atoms with van der Waals surface area (Å²) in [7, 11) is 0. The molecular weight excluding hydrogens is 356 g/mol. The van der Waals surface area contributed by atoms with Gasteiger partial charge in [-0.15, -0.1) is 0 Å². The van der Waals surface area contributed by atoms with Crippen LogP contribution >= 0.6 is 0 Å². The van der Waals surface area contributed by atoms with Gasteiger partial charge in [-0.2, -0.15) is 0 Å². The summed E-state index contributed by atoms with van der Waals surface area (Å²) in [6.45, 7) is -0.0462. The lowest BCUT2D eigenvalue weighted by atomic mass is 9.77. The molecule has 0 saturated heterocycles. The number of aliphatic hydroxyl groups excluding tert-OH is 2. The van der Waals surface area contributed by atoms with Crippen molar-refractivity contribution in [3.8, 4) is 0 Å². The molecule has 2 rings (SSSR count). The van der Waals surface area contributed by atoms with Crippen LogP contribution in [0, 0.1) is 0 Å². The molecule has 0 radical (unpaired) electrons. The third-order valence-corrected chi connectivity index (χ3v) is 5.25. The maximum absolute atomic E-state index is 12.3. The maximum atomic E-state index is 12.3. The van der Waals surface area contributed by atoms with Crippen molar-refractivity contribution in [3.63, 3.8) is 0 Å². The molecule has 4 atom stereocenters. The number of carbonyl (C=O) groups is 3. The van der Waals surface area contributed by atoms with Gasteiger partial charge in [-0.1, -0.05) is 19.3 Å². The lowest BCUT2D eigenvalue weighted by molar-refractivity contribution is -0.157. The number of nitrogens with one attached hydrogen (secondary N) is 3. The number of nitrogens with two attached hydrogens (primary N) is 1. The fourth-order valence-electron chi connectivity index (χ4n) is 3.73. The molecule has 4 amide bonds. The first-order chi connectivity index (χ1) is 12.7. The standard InChI is InChI=1S/C17H30N4O6/c18-13(23)6-7-19-15(25)17(27)8-11(14(24)12(22)9-17)21-16(26)20-10-4-2-1-3-5-10/h10-12,14,22,24,27H,1-9H2,(H2,18,23)(H,19,25)(H2,20,21,26). The summed E-state index contributed by atoms with van der Waals surface area (Å²) in [5.41, 5.74) is 3.03. The molecule has 0 spiro atoms. The lowest BCUT2D eigenvalue weighted by Gasteiger charge is -2.41. The average Bonchev–Trinajstić information content (AvgIpc) is 2.59. The zero-order valence-corrected chi connectivity index (χ0v) is 15.3. The van der Waals surface area contributed by atoms with E-state index in [4.69, 9.17) is 5.73 Å². The van der Waals surface area contributed by atoms with Gasteiger partial charge >= 0.3 is 6.03 Å². The molecule has 27 heavy (non-hydrogen) atoms. The SMILES string of the molecule is NC(=O)CCNC(=O)C1(O)CC(O)C(O)C(NC(=O)NC2CCCCC2)C1. The molecule has 0 aromatic rings. The lowest BCUT2D eigenvalue weighted by Crippen LogP contribution is -2.64. The van der Waals surface area contributed by atoms with Crippen molar-refractivity contribution in [1.82, 2.24) is 16.0 Å². The summed E-state index contributed by atoms with van der Waals surface area (Å²) < 4.78 is 0. The molecule has 2 aliphatic rings. The molecule has 0 bridgehead atoms. The monoisotopic (exact) mass is 386 g/mol. The van der Waals surface area contributed by atoms with Crippen LogP contribution in [0.4, 0.5) is 4.79 Å². The summed E-state index contributed by atoms with van der Waals surface area (Å²) in [6, 6.07) is -1.44. The Balaban J connectivity index is 1.93. The molecule has 2 fully saturated rings. The molecule has 8 N–H and O–H groups in total. The zero-order valence-electron chi connectivity index (χ0n) is 15.3. The molecule has 2 aliphatic carbocycles. The minimum absolute atomic E-state index is 0.0462. The third kappa shape index (κ3) is 6.05. The van der Waals surface area contributed by atoms with Crippen LogP contribution in [0.1, 0.15) is 51.4 Å². The van der Waals surface area contributed by atoms with Gasteiger partial charge in [0, 0.05) is 31.8 Å². The van der Waals surface area contributed by atoms with Crippen molar-refractivity contribution in [2.24, 2.45) is 5.73 Å². The normalized spacial score (nSPS) is 31.7. The van der Waals surface area contributed by atoms with E-state index in [1.807, 2.05) is 0 Å². The first kappa shape index (κ1) is 21.4. The Morgan fingerprint density at radius 2 is 1.70 bits per heavy atom. The van der Waals surface area contributed by atoms with E-state index in [9.17, 15) is 29.7 Å². The number of amides is 4. The second-order valence-corrected chi connectivity index (χ2v) is 7.53. The first-order valence-corrected chi connectivity index (χ1v) is 9.43. The minimum Gasteiger partial charge on any atom is -0.390 e. The molecule has 0 heterocycles.